The summed E-state index contributed by atoms with van der Waals surface area (Å²) in [6.07, 6.45) is 4.33. The van der Waals surface area contributed by atoms with Crippen LogP contribution in [0.2, 0.25) is 0 Å². The molecule has 0 saturated carbocycles. The first-order chi connectivity index (χ1) is 7.97. The Kier molecular flexibility index (Phi) is 2.85. The molecule has 88 valence electrons. The molecule has 0 fully saturated rings. The molecule has 1 aromatic carbocycles. The first-order valence-electron chi connectivity index (χ1n) is 4.91. The first kappa shape index (κ1) is 11.6. The van der Waals surface area contributed by atoms with E-state index in [0.717, 1.165) is 11.8 Å². The number of hydrogen-bond acceptors (Lipinski definition) is 4. The zero-order valence-corrected chi connectivity index (χ0v) is 9.98. The van der Waals surface area contributed by atoms with Crippen molar-refractivity contribution in [1.29, 1.82) is 0 Å². The van der Waals surface area contributed by atoms with E-state index in [1.165, 1.54) is 18.2 Å². The van der Waals surface area contributed by atoms with Gasteiger partial charge in [0.05, 0.1) is 4.90 Å². The Bertz CT molecular complexity index is 636. The second-order valence-electron chi connectivity index (χ2n) is 3.72. The van der Waals surface area contributed by atoms with Crippen molar-refractivity contribution in [2.75, 3.05) is 6.26 Å². The average molecular weight is 249 g/mol. The lowest BCUT2D eigenvalue weighted by atomic mass is 10.1. The summed E-state index contributed by atoms with van der Waals surface area (Å²) in [5.74, 6) is -0.0697. The molecule has 0 aliphatic carbocycles. The van der Waals surface area contributed by atoms with Crippen LogP contribution in [-0.2, 0) is 9.84 Å². The fourth-order valence-electron chi connectivity index (χ4n) is 1.51. The van der Waals surface area contributed by atoms with Gasteiger partial charge >= 0.3 is 0 Å². The van der Waals surface area contributed by atoms with E-state index >= 15 is 0 Å². The summed E-state index contributed by atoms with van der Waals surface area (Å²) in [7, 11) is -3.33. The minimum atomic E-state index is -3.33. The van der Waals surface area contributed by atoms with Gasteiger partial charge in [0.2, 0.25) is 0 Å². The fraction of sp³-hybridized carbons (Fsp3) is 0.0833. The highest BCUT2D eigenvalue weighted by molar-refractivity contribution is 7.90. The van der Waals surface area contributed by atoms with Gasteiger partial charge in [-0.1, -0.05) is 0 Å². The molecule has 0 atom stereocenters. The Labute approximate surface area is 99.5 Å². The minimum absolute atomic E-state index is 0.0697. The van der Waals surface area contributed by atoms with Gasteiger partial charge in [0, 0.05) is 18.6 Å². The number of aromatic hydroxyl groups is 1. The standard InChI is InChI=1S/C12H11NO3S/c1-17(15,16)12-7-10(6-11(14)8-12)9-2-4-13-5-3-9/h2-8,14H,1H3. The molecular formula is C12H11NO3S. The van der Waals surface area contributed by atoms with Crippen molar-refractivity contribution in [3.05, 3.63) is 42.7 Å². The third kappa shape index (κ3) is 2.62. The highest BCUT2D eigenvalue weighted by atomic mass is 32.2. The van der Waals surface area contributed by atoms with Gasteiger partial charge in [0.15, 0.2) is 9.84 Å². The van der Waals surface area contributed by atoms with Crippen LogP contribution in [0.3, 0.4) is 0 Å². The molecule has 5 heteroatoms. The molecule has 1 aromatic heterocycles. The van der Waals surface area contributed by atoms with Crippen molar-refractivity contribution in [1.82, 2.24) is 4.98 Å². The molecule has 0 saturated heterocycles. The molecule has 0 unspecified atom stereocenters. The number of phenolic OH excluding ortho intramolecular Hbond substituents is 1. The molecule has 0 amide bonds. The molecule has 0 aliphatic heterocycles. The van der Waals surface area contributed by atoms with Crippen LogP contribution in [0.4, 0.5) is 0 Å². The molecule has 1 N–H and O–H groups in total. The molecule has 0 spiro atoms. The summed E-state index contributed by atoms with van der Waals surface area (Å²) < 4.78 is 22.9. The summed E-state index contributed by atoms with van der Waals surface area (Å²) in [5, 5.41) is 9.54. The van der Waals surface area contributed by atoms with Gasteiger partial charge in [-0.05, 0) is 41.5 Å². The monoisotopic (exact) mass is 249 g/mol. The van der Waals surface area contributed by atoms with Gasteiger partial charge in [-0.2, -0.15) is 0 Å². The Morgan fingerprint density at radius 2 is 1.71 bits per heavy atom. The van der Waals surface area contributed by atoms with Crippen LogP contribution < -0.4 is 0 Å². The Morgan fingerprint density at radius 1 is 1.06 bits per heavy atom. The largest absolute Gasteiger partial charge is 0.508 e. The fourth-order valence-corrected chi connectivity index (χ4v) is 2.18. The van der Waals surface area contributed by atoms with Crippen molar-refractivity contribution in [2.45, 2.75) is 4.90 Å². The number of sulfone groups is 1. The van der Waals surface area contributed by atoms with Crippen molar-refractivity contribution < 1.29 is 13.5 Å². The van der Waals surface area contributed by atoms with Gasteiger partial charge < -0.3 is 5.11 Å². The van der Waals surface area contributed by atoms with E-state index in [1.807, 2.05) is 0 Å². The first-order valence-corrected chi connectivity index (χ1v) is 6.80. The van der Waals surface area contributed by atoms with Crippen LogP contribution in [-0.4, -0.2) is 24.8 Å². The second-order valence-corrected chi connectivity index (χ2v) is 5.74. The van der Waals surface area contributed by atoms with E-state index in [1.54, 1.807) is 24.5 Å². The predicted octanol–water partition coefficient (Wildman–Crippen LogP) is 1.86. The number of benzene rings is 1. The number of aromatic nitrogens is 1. The van der Waals surface area contributed by atoms with Crippen LogP contribution in [0.15, 0.2) is 47.6 Å². The maximum absolute atomic E-state index is 11.4. The van der Waals surface area contributed by atoms with E-state index in [9.17, 15) is 13.5 Å². The molecule has 2 aromatic rings. The lowest BCUT2D eigenvalue weighted by Crippen LogP contribution is -1.97. The van der Waals surface area contributed by atoms with Crippen LogP contribution in [0.5, 0.6) is 5.75 Å². The van der Waals surface area contributed by atoms with Crippen LogP contribution in [0, 0.1) is 0 Å². The van der Waals surface area contributed by atoms with Crippen LogP contribution in [0.25, 0.3) is 11.1 Å². The third-order valence-corrected chi connectivity index (χ3v) is 3.43. The number of nitrogens with zero attached hydrogens (tertiary/aromatic N) is 1. The zero-order valence-electron chi connectivity index (χ0n) is 9.16. The molecule has 17 heavy (non-hydrogen) atoms. The van der Waals surface area contributed by atoms with Crippen molar-refractivity contribution >= 4 is 9.84 Å². The molecule has 0 bridgehead atoms. The van der Waals surface area contributed by atoms with Crippen LogP contribution in [0.1, 0.15) is 0 Å². The minimum Gasteiger partial charge on any atom is -0.508 e. The number of phenols is 1. The molecule has 2 rings (SSSR count). The molecule has 1 heterocycles. The summed E-state index contributed by atoms with van der Waals surface area (Å²) >= 11 is 0. The molecule has 4 nitrogen and oxygen atoms in total. The normalized spacial score (nSPS) is 11.4. The Hall–Kier alpha value is -1.88. The number of pyridine rings is 1. The maximum Gasteiger partial charge on any atom is 0.175 e. The SMILES string of the molecule is CS(=O)(=O)c1cc(O)cc(-c2ccncc2)c1. The summed E-state index contributed by atoms with van der Waals surface area (Å²) in [6, 6.07) is 7.79. The molecular weight excluding hydrogens is 238 g/mol. The smallest absolute Gasteiger partial charge is 0.175 e. The highest BCUT2D eigenvalue weighted by Crippen LogP contribution is 2.27. The summed E-state index contributed by atoms with van der Waals surface area (Å²) in [6.45, 7) is 0. The van der Waals surface area contributed by atoms with E-state index in [2.05, 4.69) is 4.98 Å². The molecule has 0 radical (unpaired) electrons. The lowest BCUT2D eigenvalue weighted by molar-refractivity contribution is 0.473. The quantitative estimate of drug-likeness (QED) is 0.882. The summed E-state index contributed by atoms with van der Waals surface area (Å²) in [5.41, 5.74) is 1.45. The molecule has 0 aliphatic rings. The summed E-state index contributed by atoms with van der Waals surface area (Å²) in [4.78, 5) is 3.98. The van der Waals surface area contributed by atoms with Crippen molar-refractivity contribution in [3.63, 3.8) is 0 Å². The third-order valence-electron chi connectivity index (χ3n) is 2.33. The lowest BCUT2D eigenvalue weighted by Gasteiger charge is -2.05. The van der Waals surface area contributed by atoms with E-state index < -0.39 is 9.84 Å². The Morgan fingerprint density at radius 3 is 2.29 bits per heavy atom. The van der Waals surface area contributed by atoms with E-state index in [-0.39, 0.29) is 10.6 Å². The van der Waals surface area contributed by atoms with Gasteiger partial charge in [-0.15, -0.1) is 0 Å². The average Bonchev–Trinajstić information content (AvgIpc) is 2.28. The van der Waals surface area contributed by atoms with Gasteiger partial charge in [0.25, 0.3) is 0 Å². The van der Waals surface area contributed by atoms with Crippen LogP contribution >= 0.6 is 0 Å². The maximum atomic E-state index is 11.4. The van der Waals surface area contributed by atoms with Gasteiger partial charge in [0.1, 0.15) is 5.75 Å². The topological polar surface area (TPSA) is 67.3 Å². The number of hydrogen-bond donors (Lipinski definition) is 1. The van der Waals surface area contributed by atoms with Gasteiger partial charge in [-0.3, -0.25) is 4.98 Å². The second kappa shape index (κ2) is 4.18. The predicted molar refractivity (Wildman–Crippen MR) is 64.4 cm³/mol. The Balaban J connectivity index is 2.61. The zero-order chi connectivity index (χ0) is 12.5. The highest BCUT2D eigenvalue weighted by Gasteiger charge is 2.10. The van der Waals surface area contributed by atoms with E-state index in [0.29, 0.717) is 5.56 Å². The van der Waals surface area contributed by atoms with Crippen molar-refractivity contribution in [2.24, 2.45) is 0 Å². The van der Waals surface area contributed by atoms with Crippen molar-refractivity contribution in [3.8, 4) is 16.9 Å². The van der Waals surface area contributed by atoms with Gasteiger partial charge in [-0.25, -0.2) is 8.42 Å². The van der Waals surface area contributed by atoms with E-state index in [4.69, 9.17) is 0 Å². The number of rotatable bonds is 2.